The van der Waals surface area contributed by atoms with E-state index in [-0.39, 0.29) is 17.2 Å². The van der Waals surface area contributed by atoms with Crippen LogP contribution in [-0.4, -0.2) is 21.0 Å². The average Bonchev–Trinajstić information content (AvgIpc) is 3.06. The summed E-state index contributed by atoms with van der Waals surface area (Å²) in [6.45, 7) is 8.47. The summed E-state index contributed by atoms with van der Waals surface area (Å²) in [5, 5.41) is 15.2. The van der Waals surface area contributed by atoms with Crippen molar-refractivity contribution in [1.82, 2.24) is 9.78 Å². The Morgan fingerprint density at radius 2 is 1.71 bits per heavy atom. The molecule has 0 radical (unpaired) electrons. The van der Waals surface area contributed by atoms with E-state index < -0.39 is 0 Å². The quantitative estimate of drug-likeness (QED) is 0.445. The van der Waals surface area contributed by atoms with E-state index in [0.29, 0.717) is 16.9 Å². The molecule has 0 aliphatic carbocycles. The van der Waals surface area contributed by atoms with Crippen LogP contribution in [0.2, 0.25) is 0 Å². The van der Waals surface area contributed by atoms with Crippen molar-refractivity contribution < 1.29 is 4.74 Å². The van der Waals surface area contributed by atoms with Crippen LogP contribution in [0.15, 0.2) is 53.0 Å². The summed E-state index contributed by atoms with van der Waals surface area (Å²) in [5.74, 6) is 0. The summed E-state index contributed by atoms with van der Waals surface area (Å²) >= 11 is 3.49. The van der Waals surface area contributed by atoms with E-state index in [9.17, 15) is 5.26 Å². The lowest BCUT2D eigenvalue weighted by molar-refractivity contribution is -0.170. The predicted octanol–water partition coefficient (Wildman–Crippen LogP) is 6.34. The Balaban J connectivity index is 1.95. The van der Waals surface area contributed by atoms with Crippen LogP contribution in [0.4, 0.5) is 5.69 Å². The monoisotopic (exact) mass is 478 g/mol. The van der Waals surface area contributed by atoms with E-state index in [4.69, 9.17) is 15.6 Å². The van der Waals surface area contributed by atoms with Crippen LogP contribution in [-0.2, 0) is 4.74 Å². The molecule has 160 valence electrons. The van der Waals surface area contributed by atoms with Crippen LogP contribution in [0.5, 0.6) is 0 Å². The van der Waals surface area contributed by atoms with Crippen LogP contribution < -0.4 is 5.73 Å². The molecule has 1 saturated heterocycles. The van der Waals surface area contributed by atoms with Crippen molar-refractivity contribution >= 4 is 21.6 Å². The molecule has 31 heavy (non-hydrogen) atoms. The largest absolute Gasteiger partial charge is 0.399 e. The zero-order chi connectivity index (χ0) is 22.4. The zero-order valence-corrected chi connectivity index (χ0v) is 19.9. The van der Waals surface area contributed by atoms with Crippen molar-refractivity contribution in [2.75, 3.05) is 5.73 Å². The first-order chi connectivity index (χ1) is 14.6. The van der Waals surface area contributed by atoms with Crippen LogP contribution in [0.1, 0.15) is 52.1 Å². The molecule has 0 atom stereocenters. The van der Waals surface area contributed by atoms with Gasteiger partial charge in [0.1, 0.15) is 17.3 Å². The molecule has 2 N–H and O–H groups in total. The van der Waals surface area contributed by atoms with Gasteiger partial charge in [0.25, 0.3) is 0 Å². The first-order valence-corrected chi connectivity index (χ1v) is 11.2. The molecule has 5 nitrogen and oxygen atoms in total. The number of ether oxygens (including phenoxy) is 1. The van der Waals surface area contributed by atoms with Crippen molar-refractivity contribution in [3.8, 4) is 28.6 Å². The summed E-state index contributed by atoms with van der Waals surface area (Å²) < 4.78 is 9.33. The normalized spacial score (nSPS) is 17.9. The molecule has 2 aromatic carbocycles. The van der Waals surface area contributed by atoms with Crippen molar-refractivity contribution in [1.29, 1.82) is 5.26 Å². The molecule has 3 aromatic rings. The zero-order valence-electron chi connectivity index (χ0n) is 18.3. The number of nitriles is 1. The fourth-order valence-corrected chi connectivity index (χ4v) is 5.05. The maximum atomic E-state index is 10.2. The van der Waals surface area contributed by atoms with Crippen molar-refractivity contribution in [2.24, 2.45) is 0 Å². The number of aromatic nitrogens is 2. The van der Waals surface area contributed by atoms with E-state index in [0.717, 1.165) is 34.1 Å². The molecule has 0 unspecified atom stereocenters. The highest BCUT2D eigenvalue weighted by atomic mass is 79.9. The van der Waals surface area contributed by atoms with Crippen molar-refractivity contribution in [3.05, 3.63) is 58.6 Å². The molecule has 1 fully saturated rings. The molecule has 1 aliphatic rings. The minimum atomic E-state index is -0.296. The van der Waals surface area contributed by atoms with Gasteiger partial charge in [-0.05, 0) is 64.8 Å². The smallest absolute Gasteiger partial charge is 0.111 e. The van der Waals surface area contributed by atoms with E-state index in [1.807, 2.05) is 53.2 Å². The average molecular weight is 479 g/mol. The van der Waals surface area contributed by atoms with Crippen molar-refractivity contribution in [2.45, 2.75) is 57.8 Å². The number of halogens is 1. The first kappa shape index (κ1) is 21.6. The second-order valence-electron chi connectivity index (χ2n) is 9.44. The molecule has 1 aliphatic heterocycles. The van der Waals surface area contributed by atoms with E-state index in [1.54, 1.807) is 0 Å². The van der Waals surface area contributed by atoms with Gasteiger partial charge in [-0.25, -0.2) is 0 Å². The number of nitrogens with two attached hydrogens (primary N) is 1. The van der Waals surface area contributed by atoms with Crippen LogP contribution in [0, 0.1) is 11.3 Å². The van der Waals surface area contributed by atoms with Gasteiger partial charge in [0.15, 0.2) is 0 Å². The van der Waals surface area contributed by atoms with Gasteiger partial charge in [-0.1, -0.05) is 40.2 Å². The summed E-state index contributed by atoms with van der Waals surface area (Å²) in [4.78, 5) is 0. The molecular formula is C25H27BrN4O. The number of hydrogen-bond acceptors (Lipinski definition) is 4. The lowest BCUT2D eigenvalue weighted by Crippen LogP contribution is -2.46. The van der Waals surface area contributed by atoms with Gasteiger partial charge in [0.05, 0.1) is 22.9 Å². The summed E-state index contributed by atoms with van der Waals surface area (Å²) in [6, 6.07) is 18.1. The van der Waals surface area contributed by atoms with Gasteiger partial charge in [-0.3, -0.25) is 4.68 Å². The van der Waals surface area contributed by atoms with E-state index >= 15 is 0 Å². The number of nitrogens with zero attached hydrogens (tertiary/aromatic N) is 3. The SMILES string of the molecule is CC1(C)CC(n2nc(-c3ccc(Br)cc3)c(C#N)c2-c2cccc(N)c2)CC(C)(C)O1. The number of rotatable bonds is 3. The Morgan fingerprint density at radius 3 is 2.29 bits per heavy atom. The van der Waals surface area contributed by atoms with Gasteiger partial charge >= 0.3 is 0 Å². The number of benzene rings is 2. The topological polar surface area (TPSA) is 76.9 Å². The molecule has 1 aromatic heterocycles. The van der Waals surface area contributed by atoms with E-state index in [2.05, 4.69) is 49.7 Å². The van der Waals surface area contributed by atoms with Crippen LogP contribution in [0.25, 0.3) is 22.5 Å². The number of hydrogen-bond donors (Lipinski definition) is 1. The third-order valence-electron chi connectivity index (χ3n) is 5.65. The Labute approximate surface area is 192 Å². The second-order valence-corrected chi connectivity index (χ2v) is 10.4. The fourth-order valence-electron chi connectivity index (χ4n) is 4.79. The van der Waals surface area contributed by atoms with E-state index in [1.165, 1.54) is 0 Å². The summed E-state index contributed by atoms with van der Waals surface area (Å²) in [7, 11) is 0. The van der Waals surface area contributed by atoms with Gasteiger partial charge < -0.3 is 10.5 Å². The minimum Gasteiger partial charge on any atom is -0.399 e. The molecular weight excluding hydrogens is 452 g/mol. The number of anilines is 1. The highest BCUT2D eigenvalue weighted by molar-refractivity contribution is 9.10. The van der Waals surface area contributed by atoms with Crippen LogP contribution in [0.3, 0.4) is 0 Å². The Kier molecular flexibility index (Phi) is 5.45. The predicted molar refractivity (Wildman–Crippen MR) is 127 cm³/mol. The van der Waals surface area contributed by atoms with Crippen molar-refractivity contribution in [3.63, 3.8) is 0 Å². The molecule has 0 bridgehead atoms. The second kappa shape index (κ2) is 7.81. The van der Waals surface area contributed by atoms with Gasteiger partial charge in [-0.2, -0.15) is 10.4 Å². The Morgan fingerprint density at radius 1 is 1.06 bits per heavy atom. The molecule has 0 spiro atoms. The minimum absolute atomic E-state index is 0.0893. The molecule has 4 rings (SSSR count). The van der Waals surface area contributed by atoms with Gasteiger partial charge in [0, 0.05) is 21.3 Å². The first-order valence-electron chi connectivity index (χ1n) is 10.4. The summed E-state index contributed by atoms with van der Waals surface area (Å²) in [6.07, 6.45) is 1.61. The maximum Gasteiger partial charge on any atom is 0.111 e. The molecule has 2 heterocycles. The fraction of sp³-hybridized carbons (Fsp3) is 0.360. The highest BCUT2D eigenvalue weighted by Gasteiger charge is 2.41. The highest BCUT2D eigenvalue weighted by Crippen LogP contribution is 2.44. The van der Waals surface area contributed by atoms with Gasteiger partial charge in [-0.15, -0.1) is 0 Å². The molecule has 0 saturated carbocycles. The maximum absolute atomic E-state index is 10.2. The molecule has 0 amide bonds. The standard InChI is InChI=1S/C25H27BrN4O/c1-24(2)13-20(14-25(3,4)31-24)30-23(17-6-5-7-19(28)12-17)21(15-27)22(29-30)16-8-10-18(26)11-9-16/h5-12,20H,13-14,28H2,1-4H3. The lowest BCUT2D eigenvalue weighted by atomic mass is 9.85. The Hall–Kier alpha value is -2.62. The van der Waals surface area contributed by atoms with Gasteiger partial charge in [0.2, 0.25) is 0 Å². The lowest BCUT2D eigenvalue weighted by Gasteiger charge is -2.45. The third kappa shape index (κ3) is 4.39. The third-order valence-corrected chi connectivity index (χ3v) is 6.18. The Bertz CT molecular complexity index is 1140. The number of nitrogen functional groups attached to an aromatic ring is 1. The summed E-state index contributed by atoms with van der Waals surface area (Å²) in [5.41, 5.74) is 10.0. The van der Waals surface area contributed by atoms with Crippen LogP contribution >= 0.6 is 15.9 Å². The molecule has 6 heteroatoms.